The summed E-state index contributed by atoms with van der Waals surface area (Å²) in [5.41, 5.74) is -0.813. The molecule has 2 heterocycles. The van der Waals surface area contributed by atoms with Gasteiger partial charge in [-0.2, -0.15) is 5.10 Å². The van der Waals surface area contributed by atoms with E-state index in [0.29, 0.717) is 29.3 Å². The van der Waals surface area contributed by atoms with Gasteiger partial charge in [0, 0.05) is 31.2 Å². The molecule has 0 radical (unpaired) electrons. The number of nitrogens with zero attached hydrogens (tertiary/aromatic N) is 4. The summed E-state index contributed by atoms with van der Waals surface area (Å²) in [6, 6.07) is 13.9. The second-order valence-electron chi connectivity index (χ2n) is 8.91. The molecule has 0 aliphatic heterocycles. The highest BCUT2D eigenvalue weighted by Crippen LogP contribution is 2.38. The summed E-state index contributed by atoms with van der Waals surface area (Å²) >= 11 is 0. The lowest BCUT2D eigenvalue weighted by molar-refractivity contribution is 0.0519. The van der Waals surface area contributed by atoms with E-state index < -0.39 is 62.1 Å². The third-order valence-corrected chi connectivity index (χ3v) is 7.93. The monoisotopic (exact) mass is 596 g/mol. The Morgan fingerprint density at radius 2 is 1.62 bits per heavy atom. The largest absolute Gasteiger partial charge is 0.440 e. The lowest BCUT2D eigenvalue weighted by Crippen LogP contribution is -2.35. The maximum atomic E-state index is 16.3. The van der Waals surface area contributed by atoms with Crippen molar-refractivity contribution in [1.82, 2.24) is 14.8 Å². The van der Waals surface area contributed by atoms with Crippen LogP contribution in [-0.2, 0) is 21.8 Å². The first-order valence-corrected chi connectivity index (χ1v) is 13.6. The van der Waals surface area contributed by atoms with Crippen molar-refractivity contribution in [2.75, 3.05) is 11.0 Å². The van der Waals surface area contributed by atoms with Crippen molar-refractivity contribution in [3.05, 3.63) is 120 Å². The highest BCUT2D eigenvalue weighted by atomic mass is 32.2. The van der Waals surface area contributed by atoms with Crippen LogP contribution >= 0.6 is 0 Å². The Morgan fingerprint density at radius 3 is 2.33 bits per heavy atom. The van der Waals surface area contributed by atoms with Crippen LogP contribution in [-0.4, -0.2) is 35.9 Å². The first-order chi connectivity index (χ1) is 20.1. The van der Waals surface area contributed by atoms with Gasteiger partial charge in [-0.3, -0.25) is 9.67 Å². The van der Waals surface area contributed by atoms with Crippen LogP contribution in [0.1, 0.15) is 10.4 Å². The molecule has 0 amide bonds. The van der Waals surface area contributed by atoms with E-state index in [9.17, 15) is 22.0 Å². The lowest BCUT2D eigenvalue weighted by Gasteiger charge is -2.25. The number of halogens is 4. The molecule has 0 saturated carbocycles. The summed E-state index contributed by atoms with van der Waals surface area (Å²) < 4.78 is 94.4. The molecule has 0 spiro atoms. The molecule has 13 heteroatoms. The highest BCUT2D eigenvalue weighted by Gasteiger charge is 2.34. The maximum absolute atomic E-state index is 16.3. The number of pyridine rings is 1. The van der Waals surface area contributed by atoms with Gasteiger partial charge >= 0.3 is 5.97 Å². The highest BCUT2D eigenvalue weighted by molar-refractivity contribution is 7.92. The second kappa shape index (κ2) is 11.4. The molecule has 3 aromatic carbocycles. The fourth-order valence-electron chi connectivity index (χ4n) is 4.20. The van der Waals surface area contributed by atoms with Gasteiger partial charge in [0.2, 0.25) is 0 Å². The molecular weight excluding hydrogens is 576 g/mol. The summed E-state index contributed by atoms with van der Waals surface area (Å²) in [6.45, 7) is -1.16. The third-order valence-electron chi connectivity index (χ3n) is 6.18. The van der Waals surface area contributed by atoms with Crippen LogP contribution in [0.3, 0.4) is 0 Å². The molecule has 0 saturated heterocycles. The first kappa shape index (κ1) is 28.5. The topological polar surface area (TPSA) is 94.4 Å². The van der Waals surface area contributed by atoms with Crippen LogP contribution < -0.4 is 4.31 Å². The van der Waals surface area contributed by atoms with E-state index in [2.05, 4.69) is 10.1 Å². The molecule has 0 atom stereocenters. The molecule has 2 aromatic heterocycles. The molecule has 214 valence electrons. The Balaban J connectivity index is 1.67. The third kappa shape index (κ3) is 5.46. The number of carbonyl (C=O) groups is 1. The summed E-state index contributed by atoms with van der Waals surface area (Å²) in [5, 5.41) is 4.19. The Morgan fingerprint density at radius 1 is 0.929 bits per heavy atom. The van der Waals surface area contributed by atoms with Crippen molar-refractivity contribution in [3.8, 4) is 22.4 Å². The van der Waals surface area contributed by atoms with Crippen molar-refractivity contribution in [3.63, 3.8) is 0 Å². The number of aromatic nitrogens is 3. The van der Waals surface area contributed by atoms with Gasteiger partial charge in [0.05, 0.1) is 16.8 Å². The van der Waals surface area contributed by atoms with Crippen LogP contribution in [0.4, 0.5) is 23.2 Å². The number of benzene rings is 3. The van der Waals surface area contributed by atoms with Crippen molar-refractivity contribution in [1.29, 1.82) is 0 Å². The fraction of sp³-hybridized carbons (Fsp3) is 0.0690. The molecule has 0 aliphatic carbocycles. The molecule has 0 unspecified atom stereocenters. The van der Waals surface area contributed by atoms with E-state index in [1.165, 1.54) is 54.6 Å². The predicted octanol–water partition coefficient (Wildman–Crippen LogP) is 5.72. The molecule has 42 heavy (non-hydrogen) atoms. The van der Waals surface area contributed by atoms with Gasteiger partial charge in [0.15, 0.2) is 12.5 Å². The summed E-state index contributed by atoms with van der Waals surface area (Å²) in [4.78, 5) is 15.4. The number of carbonyl (C=O) groups excluding carboxylic acids is 1. The van der Waals surface area contributed by atoms with Gasteiger partial charge in [0.1, 0.15) is 28.0 Å². The van der Waals surface area contributed by atoms with Crippen molar-refractivity contribution in [2.45, 2.75) is 4.90 Å². The number of rotatable bonds is 8. The van der Waals surface area contributed by atoms with Gasteiger partial charge in [0.25, 0.3) is 10.0 Å². The van der Waals surface area contributed by atoms with Crippen LogP contribution in [0.25, 0.3) is 22.4 Å². The molecule has 0 fully saturated rings. The molecule has 5 rings (SSSR count). The minimum atomic E-state index is -5.13. The van der Waals surface area contributed by atoms with Crippen molar-refractivity contribution >= 4 is 21.7 Å². The van der Waals surface area contributed by atoms with Crippen LogP contribution in [0.15, 0.2) is 96.3 Å². The normalized spacial score (nSPS) is 11.4. The molecular formula is C29H20F4N4O4S. The van der Waals surface area contributed by atoms with Crippen molar-refractivity contribution in [2.24, 2.45) is 7.05 Å². The number of anilines is 1. The van der Waals surface area contributed by atoms with Gasteiger partial charge in [-0.25, -0.2) is 35.1 Å². The van der Waals surface area contributed by atoms with Crippen LogP contribution in [0, 0.1) is 23.3 Å². The van der Waals surface area contributed by atoms with E-state index in [-0.39, 0.29) is 15.6 Å². The van der Waals surface area contributed by atoms with Gasteiger partial charge in [-0.05, 0) is 60.2 Å². The average Bonchev–Trinajstić information content (AvgIpc) is 3.37. The summed E-state index contributed by atoms with van der Waals surface area (Å²) in [5.74, 6) is -5.90. The maximum Gasteiger partial charge on any atom is 0.339 e. The smallest absolute Gasteiger partial charge is 0.339 e. The number of sulfonamides is 1. The average molecular weight is 597 g/mol. The van der Waals surface area contributed by atoms with E-state index in [4.69, 9.17) is 4.74 Å². The Bertz CT molecular complexity index is 1890. The second-order valence-corrected chi connectivity index (χ2v) is 10.7. The zero-order valence-electron chi connectivity index (χ0n) is 21.7. The Hall–Kier alpha value is -5.04. The Labute approximate surface area is 237 Å². The number of aryl methyl sites for hydroxylation is 1. The zero-order chi connectivity index (χ0) is 30.0. The zero-order valence-corrected chi connectivity index (χ0v) is 22.5. The number of hydrogen-bond donors (Lipinski definition) is 0. The first-order valence-electron chi connectivity index (χ1n) is 12.2. The number of esters is 1. The van der Waals surface area contributed by atoms with E-state index >= 15 is 8.78 Å². The SMILES string of the molecule is Cn1cc(-c2ccncc2)c(-c2c(F)ccc(N(COC(=O)c3ccccc3)S(=O)(=O)c3cc(F)ccc3F)c2F)n1. The van der Waals surface area contributed by atoms with Crippen molar-refractivity contribution < 1.29 is 35.5 Å². The summed E-state index contributed by atoms with van der Waals surface area (Å²) in [7, 11) is -3.60. The lowest BCUT2D eigenvalue weighted by atomic mass is 10.0. The fourth-order valence-corrected chi connectivity index (χ4v) is 5.61. The summed E-state index contributed by atoms with van der Waals surface area (Å²) in [6.07, 6.45) is 4.45. The minimum absolute atomic E-state index is 0.0440. The number of hydrogen-bond acceptors (Lipinski definition) is 6. The van der Waals surface area contributed by atoms with Gasteiger partial charge in [-0.15, -0.1) is 0 Å². The number of ether oxygens (including phenoxy) is 1. The van der Waals surface area contributed by atoms with Crippen LogP contribution in [0.2, 0.25) is 0 Å². The predicted molar refractivity (Wildman–Crippen MR) is 145 cm³/mol. The molecule has 0 aliphatic rings. The van der Waals surface area contributed by atoms with E-state index in [0.717, 1.165) is 12.1 Å². The van der Waals surface area contributed by atoms with E-state index in [1.807, 2.05) is 0 Å². The van der Waals surface area contributed by atoms with E-state index in [1.54, 1.807) is 18.2 Å². The van der Waals surface area contributed by atoms with Gasteiger partial charge in [-0.1, -0.05) is 18.2 Å². The minimum Gasteiger partial charge on any atom is -0.440 e. The molecule has 0 bridgehead atoms. The molecule has 8 nitrogen and oxygen atoms in total. The standard InChI is InChI=1S/C29H20F4N4O4S/c1-36-16-21(18-11-13-34-14-12-18)28(35-36)26-23(32)9-10-24(27(26)33)37(17-41-29(38)19-5-3-2-4-6-19)42(39,40)25-15-20(30)7-8-22(25)31/h2-16H,17H2,1H3. The molecule has 0 N–H and O–H groups in total. The van der Waals surface area contributed by atoms with Gasteiger partial charge < -0.3 is 4.74 Å². The Kier molecular flexibility index (Phi) is 7.77. The molecule has 5 aromatic rings. The van der Waals surface area contributed by atoms with Crippen LogP contribution in [0.5, 0.6) is 0 Å². The quantitative estimate of drug-likeness (QED) is 0.129.